The van der Waals surface area contributed by atoms with Crippen LogP contribution in [0.1, 0.15) is 13.8 Å². The van der Waals surface area contributed by atoms with Crippen LogP contribution in [0, 0.1) is 12.8 Å². The quantitative estimate of drug-likeness (QED) is 0.425. The van der Waals surface area contributed by atoms with Gasteiger partial charge in [-0.05, 0) is 19.8 Å². The second kappa shape index (κ2) is 2.95. The third-order valence-corrected chi connectivity index (χ3v) is 0.521. The maximum absolute atomic E-state index is 3.74. The zero-order valence-corrected chi connectivity index (χ0v) is 4.44. The van der Waals surface area contributed by atoms with Gasteiger partial charge < -0.3 is 0 Å². The van der Waals surface area contributed by atoms with Gasteiger partial charge >= 0.3 is 0 Å². The molecule has 0 nitrogen and oxygen atoms in total. The molecule has 1 unspecified atom stereocenters. The van der Waals surface area contributed by atoms with Crippen molar-refractivity contribution in [2.75, 3.05) is 0 Å². The molecule has 0 aromatic heterocycles. The molecule has 0 aromatic carbocycles. The summed E-state index contributed by atoms with van der Waals surface area (Å²) >= 11 is 0. The minimum absolute atomic E-state index is 0.468. The first-order valence-electron chi connectivity index (χ1n) is 2.23. The highest BCUT2D eigenvalue weighted by Crippen LogP contribution is 1.89. The minimum Gasteiger partial charge on any atom is -0.0914 e. The Balaban J connectivity index is 3.03. The third-order valence-electron chi connectivity index (χ3n) is 0.521. The van der Waals surface area contributed by atoms with E-state index in [4.69, 9.17) is 0 Å². The van der Waals surface area contributed by atoms with Gasteiger partial charge in [-0.25, -0.2) is 0 Å². The van der Waals surface area contributed by atoms with E-state index in [1.807, 2.05) is 13.0 Å². The molecule has 0 aromatic rings. The summed E-state index contributed by atoms with van der Waals surface area (Å²) in [5.74, 6) is 0.468. The standard InChI is InChI=1S/C6H11/c1-4-5-6(2)3/h4-6H,2H2,1,3H3/b5-4+. The van der Waals surface area contributed by atoms with Crippen molar-refractivity contribution < 1.29 is 0 Å². The van der Waals surface area contributed by atoms with Crippen LogP contribution in [0.4, 0.5) is 0 Å². The van der Waals surface area contributed by atoms with E-state index in [0.29, 0.717) is 5.92 Å². The van der Waals surface area contributed by atoms with Crippen molar-refractivity contribution in [3.05, 3.63) is 19.1 Å². The highest BCUT2D eigenvalue weighted by Gasteiger charge is 1.76. The average molecular weight is 83.2 g/mol. The third kappa shape index (κ3) is 3.74. The van der Waals surface area contributed by atoms with E-state index >= 15 is 0 Å². The van der Waals surface area contributed by atoms with E-state index in [-0.39, 0.29) is 0 Å². The summed E-state index contributed by atoms with van der Waals surface area (Å²) in [5, 5.41) is 0. The van der Waals surface area contributed by atoms with Gasteiger partial charge in [-0.15, -0.1) is 0 Å². The molecular formula is C6H11. The SMILES string of the molecule is [CH2]C(C)/C=C/C. The average Bonchev–Trinajstić information content (AvgIpc) is 1.35. The van der Waals surface area contributed by atoms with Crippen molar-refractivity contribution in [3.8, 4) is 0 Å². The Morgan fingerprint density at radius 2 is 2.17 bits per heavy atom. The van der Waals surface area contributed by atoms with Crippen LogP contribution < -0.4 is 0 Å². The molecule has 0 fully saturated rings. The lowest BCUT2D eigenvalue weighted by Gasteiger charge is -1.86. The van der Waals surface area contributed by atoms with E-state index in [9.17, 15) is 0 Å². The summed E-state index contributed by atoms with van der Waals surface area (Å²) in [6, 6.07) is 0. The molecule has 0 bridgehead atoms. The molecule has 0 aliphatic carbocycles. The predicted molar refractivity (Wildman–Crippen MR) is 29.3 cm³/mol. The monoisotopic (exact) mass is 83.1 g/mol. The van der Waals surface area contributed by atoms with Crippen molar-refractivity contribution in [1.29, 1.82) is 0 Å². The van der Waals surface area contributed by atoms with Crippen LogP contribution in [0.25, 0.3) is 0 Å². The van der Waals surface area contributed by atoms with E-state index < -0.39 is 0 Å². The predicted octanol–water partition coefficient (Wildman–Crippen LogP) is 2.03. The summed E-state index contributed by atoms with van der Waals surface area (Å²) in [6.07, 6.45) is 4.07. The Morgan fingerprint density at radius 1 is 1.67 bits per heavy atom. The van der Waals surface area contributed by atoms with Crippen LogP contribution in [0.3, 0.4) is 0 Å². The zero-order valence-electron chi connectivity index (χ0n) is 4.44. The van der Waals surface area contributed by atoms with Crippen LogP contribution in [0.2, 0.25) is 0 Å². The van der Waals surface area contributed by atoms with Gasteiger partial charge in [-0.3, -0.25) is 0 Å². The molecule has 1 atom stereocenters. The molecule has 6 heavy (non-hydrogen) atoms. The Kier molecular flexibility index (Phi) is 2.82. The van der Waals surface area contributed by atoms with Crippen LogP contribution in [0.15, 0.2) is 12.2 Å². The molecule has 35 valence electrons. The van der Waals surface area contributed by atoms with E-state index in [2.05, 4.69) is 19.9 Å². The van der Waals surface area contributed by atoms with Gasteiger partial charge in [0, 0.05) is 0 Å². The fourth-order valence-electron chi connectivity index (χ4n) is 0.329. The lowest BCUT2D eigenvalue weighted by molar-refractivity contribution is 0.934. The lowest BCUT2D eigenvalue weighted by Crippen LogP contribution is -1.74. The van der Waals surface area contributed by atoms with Crippen molar-refractivity contribution in [2.45, 2.75) is 13.8 Å². The normalized spacial score (nSPS) is 11.3. The summed E-state index contributed by atoms with van der Waals surface area (Å²) < 4.78 is 0. The van der Waals surface area contributed by atoms with Gasteiger partial charge in [0.1, 0.15) is 0 Å². The van der Waals surface area contributed by atoms with Gasteiger partial charge in [0.25, 0.3) is 0 Å². The second-order valence-electron chi connectivity index (χ2n) is 1.50. The lowest BCUT2D eigenvalue weighted by atomic mass is 10.2. The fraction of sp³-hybridized carbons (Fsp3) is 0.500. The van der Waals surface area contributed by atoms with Gasteiger partial charge in [0.2, 0.25) is 0 Å². The van der Waals surface area contributed by atoms with Gasteiger partial charge in [0.15, 0.2) is 0 Å². The summed E-state index contributed by atoms with van der Waals surface area (Å²) in [7, 11) is 0. The Hall–Kier alpha value is -0.260. The molecule has 1 radical (unpaired) electrons. The van der Waals surface area contributed by atoms with Crippen LogP contribution in [-0.2, 0) is 0 Å². The number of allylic oxidation sites excluding steroid dienone is 2. The molecule has 0 spiro atoms. The molecule has 0 saturated carbocycles. The molecule has 0 aliphatic rings. The smallest absolute Gasteiger partial charge is 0.0262 e. The van der Waals surface area contributed by atoms with Crippen molar-refractivity contribution in [2.24, 2.45) is 5.92 Å². The first-order valence-corrected chi connectivity index (χ1v) is 2.23. The van der Waals surface area contributed by atoms with Crippen LogP contribution in [0.5, 0.6) is 0 Å². The van der Waals surface area contributed by atoms with Gasteiger partial charge in [-0.1, -0.05) is 19.1 Å². The minimum atomic E-state index is 0.468. The summed E-state index contributed by atoms with van der Waals surface area (Å²) in [5.41, 5.74) is 0. The maximum Gasteiger partial charge on any atom is -0.0262 e. The maximum atomic E-state index is 3.74. The van der Waals surface area contributed by atoms with Crippen LogP contribution >= 0.6 is 0 Å². The van der Waals surface area contributed by atoms with Crippen molar-refractivity contribution in [3.63, 3.8) is 0 Å². The second-order valence-corrected chi connectivity index (χ2v) is 1.50. The molecule has 0 N–H and O–H groups in total. The van der Waals surface area contributed by atoms with Crippen molar-refractivity contribution >= 4 is 0 Å². The van der Waals surface area contributed by atoms with Crippen LogP contribution in [-0.4, -0.2) is 0 Å². The van der Waals surface area contributed by atoms with E-state index in [1.165, 1.54) is 0 Å². The van der Waals surface area contributed by atoms with Gasteiger partial charge in [0.05, 0.1) is 0 Å². The van der Waals surface area contributed by atoms with E-state index in [1.54, 1.807) is 0 Å². The zero-order chi connectivity index (χ0) is 4.99. The molecular weight excluding hydrogens is 72.1 g/mol. The molecule has 0 amide bonds. The molecule has 0 saturated heterocycles. The highest BCUT2D eigenvalue weighted by molar-refractivity contribution is 4.83. The largest absolute Gasteiger partial charge is 0.0914 e. The summed E-state index contributed by atoms with van der Waals surface area (Å²) in [4.78, 5) is 0. The first kappa shape index (κ1) is 5.74. The molecule has 0 heterocycles. The fourth-order valence-corrected chi connectivity index (χ4v) is 0.329. The molecule has 0 aliphatic heterocycles. The van der Waals surface area contributed by atoms with Gasteiger partial charge in [-0.2, -0.15) is 0 Å². The Labute approximate surface area is 39.9 Å². The summed E-state index contributed by atoms with van der Waals surface area (Å²) in [6.45, 7) is 7.80. The number of rotatable bonds is 1. The Morgan fingerprint density at radius 3 is 2.17 bits per heavy atom. The van der Waals surface area contributed by atoms with E-state index in [0.717, 1.165) is 0 Å². The molecule has 0 rings (SSSR count). The highest BCUT2D eigenvalue weighted by atomic mass is 13.8. The number of hydrogen-bond acceptors (Lipinski definition) is 0. The topological polar surface area (TPSA) is 0 Å². The number of hydrogen-bond donors (Lipinski definition) is 0. The first-order chi connectivity index (χ1) is 2.77. The Bertz CT molecular complexity index is 42.0. The molecule has 0 heteroatoms. The van der Waals surface area contributed by atoms with Crippen molar-refractivity contribution in [1.82, 2.24) is 0 Å².